The number of rotatable bonds is 0. The highest BCUT2D eigenvalue weighted by Crippen LogP contribution is 2.31. The first-order chi connectivity index (χ1) is 6.45. The second-order valence-electron chi connectivity index (χ2n) is 3.27. The van der Waals surface area contributed by atoms with Crippen LogP contribution in [0.4, 0.5) is 0 Å². The van der Waals surface area contributed by atoms with Gasteiger partial charge in [0.25, 0.3) is 0 Å². The first-order valence-electron chi connectivity index (χ1n) is 4.39. The lowest BCUT2D eigenvalue weighted by Gasteiger charge is -2.16. The average Bonchev–Trinajstić information content (AvgIpc) is 2.44. The smallest absolute Gasteiger partial charge is 0.495 e. The summed E-state index contributed by atoms with van der Waals surface area (Å²) < 4.78 is 16.2. The van der Waals surface area contributed by atoms with Crippen molar-refractivity contribution in [2.45, 2.75) is 0 Å². The molecule has 0 bridgehead atoms. The summed E-state index contributed by atoms with van der Waals surface area (Å²) in [5, 5.41) is 0. The summed E-state index contributed by atoms with van der Waals surface area (Å²) in [5.41, 5.74) is 3.59. The molecule has 3 rings (SSSR count). The molecule has 3 heterocycles. The molecular formula is C9H9BO3. The zero-order valence-corrected chi connectivity index (χ0v) is 7.16. The SMILES string of the molecule is C1=CC2=CCOB3OCC(=C32)CO1. The first kappa shape index (κ1) is 7.41. The van der Waals surface area contributed by atoms with Crippen molar-refractivity contribution in [3.05, 3.63) is 35.0 Å². The van der Waals surface area contributed by atoms with Crippen molar-refractivity contribution in [3.8, 4) is 0 Å². The van der Waals surface area contributed by atoms with Gasteiger partial charge in [-0.25, -0.2) is 0 Å². The molecular weight excluding hydrogens is 167 g/mol. The van der Waals surface area contributed by atoms with Crippen LogP contribution in [0, 0.1) is 0 Å². The van der Waals surface area contributed by atoms with Gasteiger partial charge in [0.1, 0.15) is 6.61 Å². The van der Waals surface area contributed by atoms with Gasteiger partial charge < -0.3 is 14.0 Å². The van der Waals surface area contributed by atoms with E-state index in [1.807, 2.05) is 6.08 Å². The van der Waals surface area contributed by atoms with E-state index in [0.29, 0.717) is 19.8 Å². The quantitative estimate of drug-likeness (QED) is 0.512. The van der Waals surface area contributed by atoms with Gasteiger partial charge in [-0.15, -0.1) is 0 Å². The Morgan fingerprint density at radius 2 is 2.23 bits per heavy atom. The van der Waals surface area contributed by atoms with Gasteiger partial charge in [0.05, 0.1) is 19.5 Å². The van der Waals surface area contributed by atoms with Crippen molar-refractivity contribution in [3.63, 3.8) is 0 Å². The van der Waals surface area contributed by atoms with E-state index in [1.54, 1.807) is 6.26 Å². The Morgan fingerprint density at radius 1 is 1.23 bits per heavy atom. The van der Waals surface area contributed by atoms with Crippen LogP contribution < -0.4 is 0 Å². The molecule has 0 N–H and O–H groups in total. The van der Waals surface area contributed by atoms with Gasteiger partial charge in [-0.05, 0) is 22.7 Å². The Labute approximate surface area is 76.8 Å². The van der Waals surface area contributed by atoms with E-state index in [1.165, 1.54) is 16.6 Å². The fourth-order valence-corrected chi connectivity index (χ4v) is 1.86. The van der Waals surface area contributed by atoms with E-state index >= 15 is 0 Å². The topological polar surface area (TPSA) is 27.7 Å². The number of ether oxygens (including phenoxy) is 1. The van der Waals surface area contributed by atoms with Crippen molar-refractivity contribution in [1.29, 1.82) is 0 Å². The summed E-state index contributed by atoms with van der Waals surface area (Å²) >= 11 is 0. The Balaban J connectivity index is 2.11. The lowest BCUT2D eigenvalue weighted by Crippen LogP contribution is -2.25. The predicted octanol–water partition coefficient (Wildman–Crippen LogP) is 0.841. The molecule has 0 aliphatic carbocycles. The maximum atomic E-state index is 5.48. The molecule has 4 heteroatoms. The van der Waals surface area contributed by atoms with E-state index < -0.39 is 0 Å². The molecule has 0 atom stereocenters. The Bertz CT molecular complexity index is 330. The first-order valence-corrected chi connectivity index (χ1v) is 4.39. The maximum absolute atomic E-state index is 5.48. The molecule has 13 heavy (non-hydrogen) atoms. The standard InChI is InChI=1S/C9H9BO3/c1-3-11-5-8-6-13-10-9(8)7(1)2-4-12-10/h1-3H,4-6H2. The van der Waals surface area contributed by atoms with Gasteiger partial charge in [-0.2, -0.15) is 0 Å². The lowest BCUT2D eigenvalue weighted by atomic mass is 9.72. The maximum Gasteiger partial charge on any atom is 0.495 e. The van der Waals surface area contributed by atoms with Crippen LogP contribution in [-0.2, 0) is 14.0 Å². The van der Waals surface area contributed by atoms with Gasteiger partial charge in [0.2, 0.25) is 0 Å². The van der Waals surface area contributed by atoms with Crippen LogP contribution in [0.5, 0.6) is 0 Å². The van der Waals surface area contributed by atoms with Crippen LogP contribution in [0.3, 0.4) is 0 Å². The molecule has 3 nitrogen and oxygen atoms in total. The summed E-state index contributed by atoms with van der Waals surface area (Å²) in [6, 6.07) is 0. The molecule has 0 spiro atoms. The molecule has 0 saturated carbocycles. The number of allylic oxidation sites excluding steroid dienone is 3. The predicted molar refractivity (Wildman–Crippen MR) is 47.9 cm³/mol. The van der Waals surface area contributed by atoms with Gasteiger partial charge in [-0.3, -0.25) is 0 Å². The summed E-state index contributed by atoms with van der Waals surface area (Å²) in [4.78, 5) is 0. The van der Waals surface area contributed by atoms with Gasteiger partial charge >= 0.3 is 7.12 Å². The van der Waals surface area contributed by atoms with E-state index in [2.05, 4.69) is 6.08 Å². The molecule has 66 valence electrons. The van der Waals surface area contributed by atoms with E-state index in [-0.39, 0.29) is 7.12 Å². The molecule has 0 aromatic carbocycles. The zero-order valence-electron chi connectivity index (χ0n) is 7.16. The molecule has 0 radical (unpaired) electrons. The fraction of sp³-hybridized carbons (Fsp3) is 0.333. The Hall–Kier alpha value is -0.995. The third kappa shape index (κ3) is 1.06. The van der Waals surface area contributed by atoms with E-state index in [9.17, 15) is 0 Å². The van der Waals surface area contributed by atoms with Crippen LogP contribution >= 0.6 is 0 Å². The fourth-order valence-electron chi connectivity index (χ4n) is 1.86. The minimum Gasteiger partial charge on any atom is -0.497 e. The van der Waals surface area contributed by atoms with Crippen LogP contribution in [0.25, 0.3) is 0 Å². The lowest BCUT2D eigenvalue weighted by molar-refractivity contribution is 0.230. The van der Waals surface area contributed by atoms with Crippen LogP contribution in [0.1, 0.15) is 0 Å². The molecule has 0 amide bonds. The number of hydrogen-bond donors (Lipinski definition) is 0. The molecule has 3 aliphatic rings. The molecule has 0 fully saturated rings. The molecule has 0 aromatic heterocycles. The summed E-state index contributed by atoms with van der Waals surface area (Å²) in [7, 11) is -0.152. The van der Waals surface area contributed by atoms with E-state index in [4.69, 9.17) is 14.0 Å². The van der Waals surface area contributed by atoms with Crippen molar-refractivity contribution >= 4 is 7.12 Å². The van der Waals surface area contributed by atoms with Gasteiger partial charge in [0.15, 0.2) is 0 Å². The zero-order chi connectivity index (χ0) is 8.67. The average molecular weight is 176 g/mol. The summed E-state index contributed by atoms with van der Waals surface area (Å²) in [6.07, 6.45) is 5.78. The Kier molecular flexibility index (Phi) is 1.57. The molecule has 0 unspecified atom stereocenters. The second-order valence-corrected chi connectivity index (χ2v) is 3.27. The molecule has 0 aromatic rings. The Morgan fingerprint density at radius 3 is 3.23 bits per heavy atom. The summed E-state index contributed by atoms with van der Waals surface area (Å²) in [6.45, 7) is 1.89. The van der Waals surface area contributed by atoms with Crippen molar-refractivity contribution in [1.82, 2.24) is 0 Å². The van der Waals surface area contributed by atoms with Gasteiger partial charge in [-0.1, -0.05) is 6.08 Å². The number of hydrogen-bond acceptors (Lipinski definition) is 3. The highest BCUT2D eigenvalue weighted by atomic mass is 16.6. The van der Waals surface area contributed by atoms with E-state index in [0.717, 1.165) is 0 Å². The van der Waals surface area contributed by atoms with Crippen LogP contribution in [0.15, 0.2) is 35.0 Å². The highest BCUT2D eigenvalue weighted by Gasteiger charge is 2.37. The van der Waals surface area contributed by atoms with Gasteiger partial charge in [0, 0.05) is 0 Å². The van der Waals surface area contributed by atoms with Crippen molar-refractivity contribution in [2.24, 2.45) is 0 Å². The van der Waals surface area contributed by atoms with Crippen molar-refractivity contribution < 1.29 is 14.0 Å². The highest BCUT2D eigenvalue weighted by molar-refractivity contribution is 6.57. The largest absolute Gasteiger partial charge is 0.497 e. The monoisotopic (exact) mass is 176 g/mol. The normalized spacial score (nSPS) is 25.2. The third-order valence-corrected chi connectivity index (χ3v) is 2.49. The minimum absolute atomic E-state index is 0.152. The summed E-state index contributed by atoms with van der Waals surface area (Å²) in [5.74, 6) is 0. The minimum atomic E-state index is -0.152. The second kappa shape index (κ2) is 2.75. The molecule has 3 aliphatic heterocycles. The molecule has 0 saturated heterocycles. The van der Waals surface area contributed by atoms with Crippen LogP contribution in [0.2, 0.25) is 0 Å². The van der Waals surface area contributed by atoms with Crippen molar-refractivity contribution in [2.75, 3.05) is 19.8 Å². The van der Waals surface area contributed by atoms with Crippen LogP contribution in [-0.4, -0.2) is 26.9 Å². The third-order valence-electron chi connectivity index (χ3n) is 2.49.